The maximum Gasteiger partial charge on any atom is 0.237 e. The number of hydrogen-bond acceptors (Lipinski definition) is 5. The zero-order valence-corrected chi connectivity index (χ0v) is 13.6. The zero-order chi connectivity index (χ0) is 15.8. The van der Waals surface area contributed by atoms with E-state index in [4.69, 9.17) is 0 Å². The van der Waals surface area contributed by atoms with Crippen LogP contribution in [0.2, 0.25) is 0 Å². The Labute approximate surface area is 128 Å². The third-order valence-electron chi connectivity index (χ3n) is 4.02. The van der Waals surface area contributed by atoms with Crippen molar-refractivity contribution in [2.24, 2.45) is 0 Å². The molecule has 2 N–H and O–H groups in total. The number of carbonyl (C=O) groups excluding carboxylic acids is 1. The number of nitrogens with zero attached hydrogens (tertiary/aromatic N) is 3. The Kier molecular flexibility index (Phi) is 7.88. The van der Waals surface area contributed by atoms with Gasteiger partial charge in [0.05, 0.1) is 12.1 Å². The summed E-state index contributed by atoms with van der Waals surface area (Å²) in [7, 11) is 3.98. The second-order valence-electron chi connectivity index (χ2n) is 5.91. The van der Waals surface area contributed by atoms with Crippen molar-refractivity contribution in [1.82, 2.24) is 20.0 Å². The average molecular weight is 298 g/mol. The molecule has 21 heavy (non-hydrogen) atoms. The maximum atomic E-state index is 11.9. The second kappa shape index (κ2) is 9.15. The third kappa shape index (κ3) is 6.56. The SMILES string of the molecule is C=CCNC(=O)C(C)N(C)CC(O)CN1CCN(C)CC1. The van der Waals surface area contributed by atoms with E-state index in [1.54, 1.807) is 6.08 Å². The van der Waals surface area contributed by atoms with Crippen LogP contribution in [0.15, 0.2) is 12.7 Å². The summed E-state index contributed by atoms with van der Waals surface area (Å²) in [5.41, 5.74) is 0. The third-order valence-corrected chi connectivity index (χ3v) is 4.02. The number of nitrogens with one attached hydrogen (secondary N) is 1. The highest BCUT2D eigenvalue weighted by atomic mass is 16.3. The minimum absolute atomic E-state index is 0.0378. The van der Waals surface area contributed by atoms with Gasteiger partial charge in [0.25, 0.3) is 0 Å². The Hall–Kier alpha value is -0.950. The number of amides is 1. The molecular formula is C15H30N4O2. The minimum Gasteiger partial charge on any atom is -0.390 e. The molecule has 0 spiro atoms. The molecule has 1 fully saturated rings. The van der Waals surface area contributed by atoms with Gasteiger partial charge in [-0.25, -0.2) is 0 Å². The van der Waals surface area contributed by atoms with Crippen LogP contribution in [0.5, 0.6) is 0 Å². The topological polar surface area (TPSA) is 59.1 Å². The Balaban J connectivity index is 2.30. The van der Waals surface area contributed by atoms with E-state index >= 15 is 0 Å². The zero-order valence-electron chi connectivity index (χ0n) is 13.6. The first-order valence-electron chi connectivity index (χ1n) is 7.61. The first-order valence-corrected chi connectivity index (χ1v) is 7.61. The fourth-order valence-corrected chi connectivity index (χ4v) is 2.40. The summed E-state index contributed by atoms with van der Waals surface area (Å²) < 4.78 is 0. The Morgan fingerprint density at radius 1 is 1.43 bits per heavy atom. The minimum atomic E-state index is -0.437. The van der Waals surface area contributed by atoms with Crippen molar-refractivity contribution in [2.45, 2.75) is 19.1 Å². The number of hydrogen-bond donors (Lipinski definition) is 2. The van der Waals surface area contributed by atoms with Crippen molar-refractivity contribution in [2.75, 3.05) is 59.9 Å². The van der Waals surface area contributed by atoms with Crippen LogP contribution < -0.4 is 5.32 Å². The summed E-state index contributed by atoms with van der Waals surface area (Å²) in [6.45, 7) is 11.1. The summed E-state index contributed by atoms with van der Waals surface area (Å²) in [5, 5.41) is 13.0. The summed E-state index contributed by atoms with van der Waals surface area (Å²) in [5.74, 6) is -0.0378. The normalized spacial score (nSPS) is 20.2. The molecular weight excluding hydrogens is 268 g/mol. The Bertz CT molecular complexity index is 330. The summed E-state index contributed by atoms with van der Waals surface area (Å²) in [4.78, 5) is 18.3. The van der Waals surface area contributed by atoms with E-state index in [0.717, 1.165) is 26.2 Å². The Morgan fingerprint density at radius 2 is 2.05 bits per heavy atom. The first kappa shape index (κ1) is 18.1. The lowest BCUT2D eigenvalue weighted by Gasteiger charge is -2.34. The van der Waals surface area contributed by atoms with Gasteiger partial charge in [-0.05, 0) is 21.0 Å². The van der Waals surface area contributed by atoms with Gasteiger partial charge < -0.3 is 15.3 Å². The van der Waals surface area contributed by atoms with E-state index in [1.165, 1.54) is 0 Å². The molecule has 1 aliphatic heterocycles. The summed E-state index contributed by atoms with van der Waals surface area (Å²) >= 11 is 0. The molecule has 0 saturated carbocycles. The highest BCUT2D eigenvalue weighted by Crippen LogP contribution is 2.03. The molecule has 1 heterocycles. The van der Waals surface area contributed by atoms with Crippen molar-refractivity contribution in [1.29, 1.82) is 0 Å². The molecule has 122 valence electrons. The van der Waals surface area contributed by atoms with Gasteiger partial charge in [0, 0.05) is 45.8 Å². The fourth-order valence-electron chi connectivity index (χ4n) is 2.40. The van der Waals surface area contributed by atoms with Crippen LogP contribution in [-0.2, 0) is 4.79 Å². The largest absolute Gasteiger partial charge is 0.390 e. The second-order valence-corrected chi connectivity index (χ2v) is 5.91. The average Bonchev–Trinajstić information content (AvgIpc) is 2.46. The quantitative estimate of drug-likeness (QED) is 0.576. The number of rotatable bonds is 8. The summed E-state index contributed by atoms with van der Waals surface area (Å²) in [6, 6.07) is -0.257. The van der Waals surface area contributed by atoms with Crippen molar-refractivity contribution in [3.8, 4) is 0 Å². The molecule has 0 aromatic heterocycles. The standard InChI is InChI=1S/C15H30N4O2/c1-5-6-16-15(21)13(2)18(4)11-14(20)12-19-9-7-17(3)8-10-19/h5,13-14,20H,1,6-12H2,2-4H3,(H,16,21). The molecule has 2 unspecified atom stereocenters. The van der Waals surface area contributed by atoms with Crippen LogP contribution in [0, 0.1) is 0 Å². The van der Waals surface area contributed by atoms with Crippen LogP contribution >= 0.6 is 0 Å². The monoisotopic (exact) mass is 298 g/mol. The number of aliphatic hydroxyl groups is 1. The molecule has 1 saturated heterocycles. The van der Waals surface area contributed by atoms with Gasteiger partial charge in [0.15, 0.2) is 0 Å². The lowest BCUT2D eigenvalue weighted by molar-refractivity contribution is -0.125. The molecule has 0 bridgehead atoms. The predicted octanol–water partition coefficient (Wildman–Crippen LogP) is -0.783. The molecule has 1 rings (SSSR count). The van der Waals surface area contributed by atoms with Gasteiger partial charge >= 0.3 is 0 Å². The fraction of sp³-hybridized carbons (Fsp3) is 0.800. The number of carbonyl (C=O) groups is 1. The van der Waals surface area contributed by atoms with Gasteiger partial charge in [-0.1, -0.05) is 6.08 Å². The molecule has 0 aromatic rings. The van der Waals surface area contributed by atoms with Crippen molar-refractivity contribution >= 4 is 5.91 Å². The van der Waals surface area contributed by atoms with Crippen LogP contribution in [0.3, 0.4) is 0 Å². The van der Waals surface area contributed by atoms with Gasteiger partial charge in [-0.15, -0.1) is 6.58 Å². The van der Waals surface area contributed by atoms with Crippen LogP contribution in [0.25, 0.3) is 0 Å². The van der Waals surface area contributed by atoms with E-state index in [9.17, 15) is 9.90 Å². The van der Waals surface area contributed by atoms with Gasteiger partial charge in [0.2, 0.25) is 5.91 Å². The highest BCUT2D eigenvalue weighted by Gasteiger charge is 2.22. The van der Waals surface area contributed by atoms with E-state index in [0.29, 0.717) is 19.6 Å². The van der Waals surface area contributed by atoms with Gasteiger partial charge in [-0.3, -0.25) is 14.6 Å². The maximum absolute atomic E-state index is 11.9. The van der Waals surface area contributed by atoms with E-state index < -0.39 is 6.10 Å². The van der Waals surface area contributed by atoms with E-state index in [2.05, 4.69) is 28.7 Å². The molecule has 1 amide bonds. The van der Waals surface area contributed by atoms with Crippen LogP contribution in [-0.4, -0.2) is 97.8 Å². The number of likely N-dealkylation sites (N-methyl/N-ethyl adjacent to an activating group) is 2. The number of aliphatic hydroxyl groups excluding tert-OH is 1. The van der Waals surface area contributed by atoms with Gasteiger partial charge in [0.1, 0.15) is 0 Å². The molecule has 0 aliphatic carbocycles. The summed E-state index contributed by atoms with van der Waals surface area (Å²) in [6.07, 6.45) is 1.22. The molecule has 1 aliphatic rings. The lowest BCUT2D eigenvalue weighted by atomic mass is 10.2. The molecule has 2 atom stereocenters. The van der Waals surface area contributed by atoms with E-state index in [-0.39, 0.29) is 11.9 Å². The Morgan fingerprint density at radius 3 is 2.62 bits per heavy atom. The predicted molar refractivity (Wildman–Crippen MR) is 85.2 cm³/mol. The van der Waals surface area contributed by atoms with Crippen molar-refractivity contribution < 1.29 is 9.90 Å². The molecule has 0 aromatic carbocycles. The smallest absolute Gasteiger partial charge is 0.237 e. The molecule has 6 nitrogen and oxygen atoms in total. The molecule has 6 heteroatoms. The molecule has 0 radical (unpaired) electrons. The highest BCUT2D eigenvalue weighted by molar-refractivity contribution is 5.81. The van der Waals surface area contributed by atoms with Crippen LogP contribution in [0.4, 0.5) is 0 Å². The number of piperazine rings is 1. The van der Waals surface area contributed by atoms with Gasteiger partial charge in [-0.2, -0.15) is 0 Å². The first-order chi connectivity index (χ1) is 9.93. The lowest BCUT2D eigenvalue weighted by Crippen LogP contribution is -2.50. The number of β-amino-alcohol motifs (C(OH)–C–C–N with tert-alkyl or cyclic N) is 1. The van der Waals surface area contributed by atoms with Crippen molar-refractivity contribution in [3.63, 3.8) is 0 Å². The van der Waals surface area contributed by atoms with Crippen LogP contribution in [0.1, 0.15) is 6.92 Å². The van der Waals surface area contributed by atoms with Crippen molar-refractivity contribution in [3.05, 3.63) is 12.7 Å². The van der Waals surface area contributed by atoms with E-state index in [1.807, 2.05) is 18.9 Å².